The molecule has 0 amide bonds. The molecule has 2 heterocycles. The maximum Gasteiger partial charge on any atom is 0.131 e. The van der Waals surface area contributed by atoms with Gasteiger partial charge in [0.05, 0.1) is 17.2 Å². The molecule has 1 atom stereocenters. The van der Waals surface area contributed by atoms with Crippen molar-refractivity contribution in [2.24, 2.45) is 0 Å². The highest BCUT2D eigenvalue weighted by atomic mass is 35.5. The van der Waals surface area contributed by atoms with Crippen molar-refractivity contribution < 1.29 is 18.6 Å². The van der Waals surface area contributed by atoms with Crippen LogP contribution in [0.3, 0.4) is 0 Å². The first-order chi connectivity index (χ1) is 17.9. The van der Waals surface area contributed by atoms with Crippen molar-refractivity contribution >= 4 is 23.1 Å². The molecule has 7 nitrogen and oxygen atoms in total. The van der Waals surface area contributed by atoms with Crippen molar-refractivity contribution in [3.63, 3.8) is 0 Å². The summed E-state index contributed by atoms with van der Waals surface area (Å²) in [5.74, 6) is 0.385. The molecule has 1 saturated heterocycles. The molecule has 2 aliphatic rings. The summed E-state index contributed by atoms with van der Waals surface area (Å²) in [6.45, 7) is 4.84. The fourth-order valence-corrected chi connectivity index (χ4v) is 5.54. The van der Waals surface area contributed by atoms with Gasteiger partial charge in [-0.25, -0.2) is 9.37 Å². The highest BCUT2D eigenvalue weighted by molar-refractivity contribution is 6.33. The highest BCUT2D eigenvalue weighted by Crippen LogP contribution is 2.34. The number of rotatable bonds is 11. The second-order valence-corrected chi connectivity index (χ2v) is 10.7. The van der Waals surface area contributed by atoms with Crippen LogP contribution in [0.4, 0.5) is 15.9 Å². The van der Waals surface area contributed by atoms with Crippen molar-refractivity contribution in [3.05, 3.63) is 41.3 Å². The molecular formula is C28H40ClFN4O3. The average Bonchev–Trinajstić information content (AvgIpc) is 2.91. The van der Waals surface area contributed by atoms with E-state index in [1.54, 1.807) is 32.5 Å². The van der Waals surface area contributed by atoms with Gasteiger partial charge in [0.1, 0.15) is 11.6 Å². The molecule has 37 heavy (non-hydrogen) atoms. The first-order valence-electron chi connectivity index (χ1n) is 13.2. The minimum absolute atomic E-state index is 0.283. The zero-order valence-electron chi connectivity index (χ0n) is 22.1. The summed E-state index contributed by atoms with van der Waals surface area (Å²) in [6.07, 6.45) is 7.49. The summed E-state index contributed by atoms with van der Waals surface area (Å²) < 4.78 is 31.5. The van der Waals surface area contributed by atoms with Gasteiger partial charge in [-0.05, 0) is 56.9 Å². The van der Waals surface area contributed by atoms with E-state index >= 15 is 0 Å². The molecule has 1 aromatic heterocycles. The van der Waals surface area contributed by atoms with Crippen molar-refractivity contribution in [2.75, 3.05) is 51.2 Å². The average molecular weight is 535 g/mol. The molecule has 3 N–H and O–H groups in total. The molecule has 204 valence electrons. The van der Waals surface area contributed by atoms with Crippen LogP contribution in [0.5, 0.6) is 0 Å². The predicted octanol–water partition coefficient (Wildman–Crippen LogP) is 5.50. The number of aromatic nitrogens is 1. The van der Waals surface area contributed by atoms with Crippen LogP contribution in [0, 0.1) is 5.82 Å². The van der Waals surface area contributed by atoms with E-state index in [0.29, 0.717) is 66.5 Å². The third-order valence-corrected chi connectivity index (χ3v) is 7.88. The summed E-state index contributed by atoms with van der Waals surface area (Å²) in [5, 5.41) is 11.0. The zero-order chi connectivity index (χ0) is 26.3. The minimum atomic E-state index is -0.325. The lowest BCUT2D eigenvalue weighted by atomic mass is 9.90. The highest BCUT2D eigenvalue weighted by Gasteiger charge is 2.32. The van der Waals surface area contributed by atoms with Crippen LogP contribution >= 0.6 is 11.6 Å². The van der Waals surface area contributed by atoms with Gasteiger partial charge >= 0.3 is 0 Å². The van der Waals surface area contributed by atoms with Crippen molar-refractivity contribution in [1.82, 2.24) is 10.3 Å². The molecule has 0 radical (unpaired) electrons. The van der Waals surface area contributed by atoms with Gasteiger partial charge in [-0.3, -0.25) is 0 Å². The van der Waals surface area contributed by atoms with Gasteiger partial charge in [-0.15, -0.1) is 0 Å². The summed E-state index contributed by atoms with van der Waals surface area (Å²) in [5.41, 5.74) is 1.60. The van der Waals surface area contributed by atoms with Gasteiger partial charge in [0.2, 0.25) is 0 Å². The van der Waals surface area contributed by atoms with E-state index in [4.69, 9.17) is 25.8 Å². The van der Waals surface area contributed by atoms with E-state index in [9.17, 15) is 4.39 Å². The first kappa shape index (κ1) is 28.0. The van der Waals surface area contributed by atoms with Crippen LogP contribution in [0.1, 0.15) is 45.4 Å². The summed E-state index contributed by atoms with van der Waals surface area (Å²) >= 11 is 6.50. The summed E-state index contributed by atoms with van der Waals surface area (Å²) in [6, 6.07) is 8.04. The smallest absolute Gasteiger partial charge is 0.131 e. The molecule has 0 bridgehead atoms. The maximum atomic E-state index is 15.0. The van der Waals surface area contributed by atoms with Crippen molar-refractivity contribution in [2.45, 2.75) is 69.2 Å². The lowest BCUT2D eigenvalue weighted by Gasteiger charge is -2.36. The zero-order valence-corrected chi connectivity index (χ0v) is 22.9. The van der Waals surface area contributed by atoms with Crippen LogP contribution in [0.25, 0.3) is 11.1 Å². The number of halogens is 2. The normalized spacial score (nSPS) is 22.4. The number of ether oxygens (including phenoxy) is 3. The molecule has 0 unspecified atom stereocenters. The Morgan fingerprint density at radius 1 is 1.11 bits per heavy atom. The van der Waals surface area contributed by atoms with E-state index in [0.717, 1.165) is 44.2 Å². The molecule has 2 fully saturated rings. The van der Waals surface area contributed by atoms with Gasteiger partial charge < -0.3 is 30.2 Å². The van der Waals surface area contributed by atoms with Crippen LogP contribution in [0.15, 0.2) is 30.5 Å². The van der Waals surface area contributed by atoms with Gasteiger partial charge in [-0.2, -0.15) is 0 Å². The Balaban J connectivity index is 1.41. The Hall–Kier alpha value is -1.97. The van der Waals surface area contributed by atoms with Gasteiger partial charge in [0.15, 0.2) is 0 Å². The number of nitrogens with one attached hydrogen (secondary N) is 3. The number of anilines is 2. The van der Waals surface area contributed by atoms with Gasteiger partial charge in [0.25, 0.3) is 0 Å². The topological polar surface area (TPSA) is 76.7 Å². The molecule has 1 aliphatic carbocycles. The van der Waals surface area contributed by atoms with Crippen LogP contribution in [-0.4, -0.2) is 69.3 Å². The lowest BCUT2D eigenvalue weighted by molar-refractivity contribution is -0.0807. The second-order valence-electron chi connectivity index (χ2n) is 10.3. The van der Waals surface area contributed by atoms with E-state index in [2.05, 4.69) is 27.9 Å². The maximum absolute atomic E-state index is 15.0. The molecule has 0 spiro atoms. The Morgan fingerprint density at radius 2 is 1.84 bits per heavy atom. The van der Waals surface area contributed by atoms with E-state index in [-0.39, 0.29) is 11.4 Å². The largest absolute Gasteiger partial charge is 0.383 e. The van der Waals surface area contributed by atoms with E-state index in [1.165, 1.54) is 6.07 Å². The fraction of sp³-hybridized carbons (Fsp3) is 0.607. The third-order valence-electron chi connectivity index (χ3n) is 7.58. The van der Waals surface area contributed by atoms with Crippen molar-refractivity contribution in [3.8, 4) is 11.1 Å². The minimum Gasteiger partial charge on any atom is -0.383 e. The number of hydrogen-bond donors (Lipinski definition) is 3. The molecule has 1 aromatic carbocycles. The number of methoxy groups -OCH3 is 2. The van der Waals surface area contributed by atoms with Crippen LogP contribution in [0.2, 0.25) is 5.02 Å². The molecule has 1 aliphatic heterocycles. The molecule has 4 rings (SSSR count). The quantitative estimate of drug-likeness (QED) is 0.351. The number of pyridine rings is 1. The summed E-state index contributed by atoms with van der Waals surface area (Å²) in [4.78, 5) is 4.48. The fourth-order valence-electron chi connectivity index (χ4n) is 5.34. The standard InChI is InChI=1S/C28H40ClFN4O3/c1-19(17-35-2)33-20-4-6-21(7-5-20)34-27-15-23(25(29)16-31-27)24-14-22(8-9-26(24)30)32-18-28(36-3)10-12-37-13-11-28/h8-9,14-16,19-21,32-33H,4-7,10-13,17-18H2,1-3H3,(H,31,34)/t19-,20?,21?/m0/s1. The molecule has 2 aromatic rings. The number of nitrogens with zero attached hydrogens (tertiary/aromatic N) is 1. The van der Waals surface area contributed by atoms with Crippen LogP contribution < -0.4 is 16.0 Å². The Kier molecular flexibility index (Phi) is 10.0. The monoisotopic (exact) mass is 534 g/mol. The Labute approximate surface area is 224 Å². The third kappa shape index (κ3) is 7.54. The Bertz CT molecular complexity index is 1010. The second kappa shape index (κ2) is 13.2. The van der Waals surface area contributed by atoms with E-state index < -0.39 is 0 Å². The SMILES string of the molecule is COC[C@H](C)NC1CCC(Nc2cc(-c3cc(NCC4(OC)CCOCC4)ccc3F)c(Cl)cn2)CC1. The van der Waals surface area contributed by atoms with E-state index in [1.807, 2.05) is 6.07 Å². The lowest BCUT2D eigenvalue weighted by Crippen LogP contribution is -2.44. The van der Waals surface area contributed by atoms with Gasteiger partial charge in [-0.1, -0.05) is 11.6 Å². The van der Waals surface area contributed by atoms with Crippen molar-refractivity contribution in [1.29, 1.82) is 0 Å². The molecule has 9 heteroatoms. The predicted molar refractivity (Wildman–Crippen MR) is 147 cm³/mol. The number of benzene rings is 1. The van der Waals surface area contributed by atoms with Crippen LogP contribution in [-0.2, 0) is 14.2 Å². The van der Waals surface area contributed by atoms with Gasteiger partial charge in [0, 0.05) is 88.0 Å². The summed E-state index contributed by atoms with van der Waals surface area (Å²) in [7, 11) is 3.47. The Morgan fingerprint density at radius 3 is 2.54 bits per heavy atom. The first-order valence-corrected chi connectivity index (χ1v) is 13.6. The molecule has 1 saturated carbocycles. The molecular weight excluding hydrogens is 495 g/mol. The number of hydrogen-bond acceptors (Lipinski definition) is 7.